The third kappa shape index (κ3) is 5.11. The zero-order valence-electron chi connectivity index (χ0n) is 13.9. The Morgan fingerprint density at radius 2 is 1.50 bits per heavy atom. The number of hydrogen-bond donors (Lipinski definition) is 2. The van der Waals surface area contributed by atoms with Crippen LogP contribution >= 0.6 is 0 Å². The number of methoxy groups -OCH3 is 1. The Balaban J connectivity index is 1.99. The Hall–Kier alpha value is -2.27. The number of sulfonamides is 2. The van der Waals surface area contributed by atoms with E-state index in [9.17, 15) is 21.6 Å². The lowest BCUT2D eigenvalue weighted by Gasteiger charge is -2.08. The van der Waals surface area contributed by atoms with Gasteiger partial charge in [-0.25, -0.2) is 31.5 Å². The SMILES string of the molecule is COC(=O)c1ccc(S(=O)(=O)NCCc2ccc(S(N)(=O)=O)cc2)cc1. The van der Waals surface area contributed by atoms with Crippen LogP contribution in [0.25, 0.3) is 0 Å². The highest BCUT2D eigenvalue weighted by Gasteiger charge is 2.15. The number of hydrogen-bond acceptors (Lipinski definition) is 6. The molecule has 140 valence electrons. The standard InChI is InChI=1S/C16H18N2O6S2/c1-24-16(19)13-4-8-15(9-5-13)26(22,23)18-11-10-12-2-6-14(7-3-12)25(17,20)21/h2-9,18H,10-11H2,1H3,(H2,17,20,21). The molecule has 0 atom stereocenters. The molecule has 0 aromatic heterocycles. The Labute approximate surface area is 152 Å². The van der Waals surface area contributed by atoms with Crippen molar-refractivity contribution in [3.63, 3.8) is 0 Å². The number of nitrogens with two attached hydrogens (primary N) is 1. The second kappa shape index (κ2) is 7.96. The number of nitrogens with one attached hydrogen (secondary N) is 1. The third-order valence-electron chi connectivity index (χ3n) is 3.54. The fraction of sp³-hybridized carbons (Fsp3) is 0.188. The van der Waals surface area contributed by atoms with Crippen LogP contribution in [0, 0.1) is 0 Å². The molecule has 26 heavy (non-hydrogen) atoms. The first kappa shape index (κ1) is 20.0. The molecule has 0 saturated heterocycles. The molecule has 0 fully saturated rings. The van der Waals surface area contributed by atoms with Gasteiger partial charge in [-0.05, 0) is 48.4 Å². The zero-order chi connectivity index (χ0) is 19.4. The Morgan fingerprint density at radius 3 is 2.00 bits per heavy atom. The molecule has 0 bridgehead atoms. The van der Waals surface area contributed by atoms with Crippen LogP contribution in [0.15, 0.2) is 58.3 Å². The molecule has 2 rings (SSSR count). The van der Waals surface area contributed by atoms with E-state index in [0.717, 1.165) is 5.56 Å². The maximum Gasteiger partial charge on any atom is 0.337 e. The molecule has 2 aromatic carbocycles. The minimum atomic E-state index is -3.76. The van der Waals surface area contributed by atoms with Gasteiger partial charge in [0.25, 0.3) is 0 Å². The number of primary sulfonamides is 1. The molecule has 10 heteroatoms. The Bertz CT molecular complexity index is 982. The molecule has 2 aromatic rings. The van der Waals surface area contributed by atoms with E-state index < -0.39 is 26.0 Å². The molecule has 0 saturated carbocycles. The summed E-state index contributed by atoms with van der Waals surface area (Å²) in [5, 5.41) is 5.02. The first-order chi connectivity index (χ1) is 12.1. The number of ether oxygens (including phenoxy) is 1. The van der Waals surface area contributed by atoms with Crippen LogP contribution in [0.4, 0.5) is 0 Å². The maximum absolute atomic E-state index is 12.2. The number of benzene rings is 2. The summed E-state index contributed by atoms with van der Waals surface area (Å²) in [5.74, 6) is -0.551. The van der Waals surface area contributed by atoms with Crippen LogP contribution in [-0.4, -0.2) is 36.5 Å². The highest BCUT2D eigenvalue weighted by atomic mass is 32.2. The van der Waals surface area contributed by atoms with Crippen LogP contribution in [0.2, 0.25) is 0 Å². The predicted octanol–water partition coefficient (Wildman–Crippen LogP) is 0.642. The van der Waals surface area contributed by atoms with Gasteiger partial charge in [0, 0.05) is 6.54 Å². The van der Waals surface area contributed by atoms with Crippen LogP contribution in [-0.2, 0) is 31.2 Å². The monoisotopic (exact) mass is 398 g/mol. The van der Waals surface area contributed by atoms with E-state index >= 15 is 0 Å². The van der Waals surface area contributed by atoms with E-state index in [0.29, 0.717) is 6.42 Å². The highest BCUT2D eigenvalue weighted by Crippen LogP contribution is 2.12. The van der Waals surface area contributed by atoms with Gasteiger partial charge in [0.05, 0.1) is 22.5 Å². The zero-order valence-corrected chi connectivity index (χ0v) is 15.5. The Morgan fingerprint density at radius 1 is 0.962 bits per heavy atom. The molecule has 3 N–H and O–H groups in total. The lowest BCUT2D eigenvalue weighted by molar-refractivity contribution is 0.0600. The van der Waals surface area contributed by atoms with Crippen molar-refractivity contribution in [2.24, 2.45) is 5.14 Å². The molecule has 0 aliphatic carbocycles. The van der Waals surface area contributed by atoms with Gasteiger partial charge in [0.15, 0.2) is 0 Å². The quantitative estimate of drug-likeness (QED) is 0.658. The van der Waals surface area contributed by atoms with Crippen LogP contribution in [0.3, 0.4) is 0 Å². The first-order valence-corrected chi connectivity index (χ1v) is 10.5. The number of esters is 1. The molecule has 0 amide bonds. The minimum Gasteiger partial charge on any atom is -0.465 e. The summed E-state index contributed by atoms with van der Waals surface area (Å²) in [7, 11) is -6.24. The third-order valence-corrected chi connectivity index (χ3v) is 5.95. The number of rotatable bonds is 7. The van der Waals surface area contributed by atoms with Gasteiger partial charge in [-0.3, -0.25) is 0 Å². The largest absolute Gasteiger partial charge is 0.465 e. The average Bonchev–Trinajstić information content (AvgIpc) is 2.60. The molecule has 0 spiro atoms. The average molecular weight is 398 g/mol. The van der Waals surface area contributed by atoms with Gasteiger partial charge in [0.2, 0.25) is 20.0 Å². The van der Waals surface area contributed by atoms with Crippen molar-refractivity contribution in [3.8, 4) is 0 Å². The summed E-state index contributed by atoms with van der Waals surface area (Å²) in [4.78, 5) is 11.4. The fourth-order valence-electron chi connectivity index (χ4n) is 2.15. The van der Waals surface area contributed by atoms with Gasteiger partial charge < -0.3 is 4.74 Å². The summed E-state index contributed by atoms with van der Waals surface area (Å²) in [6.45, 7) is 0.121. The van der Waals surface area contributed by atoms with Crippen molar-refractivity contribution >= 4 is 26.0 Å². The van der Waals surface area contributed by atoms with E-state index in [1.165, 1.54) is 43.5 Å². The second-order valence-electron chi connectivity index (χ2n) is 5.35. The summed E-state index contributed by atoms with van der Waals surface area (Å²) in [6, 6.07) is 11.2. The lowest BCUT2D eigenvalue weighted by atomic mass is 10.2. The van der Waals surface area contributed by atoms with Crippen molar-refractivity contribution in [1.82, 2.24) is 4.72 Å². The maximum atomic E-state index is 12.2. The fourth-order valence-corrected chi connectivity index (χ4v) is 3.69. The molecule has 0 unspecified atom stereocenters. The number of carbonyl (C=O) groups is 1. The van der Waals surface area contributed by atoms with Crippen LogP contribution in [0.5, 0.6) is 0 Å². The van der Waals surface area contributed by atoms with Crippen molar-refractivity contribution in [3.05, 3.63) is 59.7 Å². The molecule has 0 aliphatic heterocycles. The van der Waals surface area contributed by atoms with Gasteiger partial charge in [-0.2, -0.15) is 0 Å². The van der Waals surface area contributed by atoms with E-state index in [1.54, 1.807) is 12.1 Å². The van der Waals surface area contributed by atoms with Crippen molar-refractivity contribution in [2.45, 2.75) is 16.2 Å². The normalized spacial score (nSPS) is 11.9. The minimum absolute atomic E-state index is 0.00692. The lowest BCUT2D eigenvalue weighted by Crippen LogP contribution is -2.26. The van der Waals surface area contributed by atoms with E-state index in [-0.39, 0.29) is 21.9 Å². The van der Waals surface area contributed by atoms with Gasteiger partial charge >= 0.3 is 5.97 Å². The predicted molar refractivity (Wildman–Crippen MR) is 94.5 cm³/mol. The van der Waals surface area contributed by atoms with E-state index in [4.69, 9.17) is 5.14 Å². The van der Waals surface area contributed by atoms with Crippen molar-refractivity contribution in [2.75, 3.05) is 13.7 Å². The van der Waals surface area contributed by atoms with E-state index in [2.05, 4.69) is 9.46 Å². The molecular weight excluding hydrogens is 380 g/mol. The van der Waals surface area contributed by atoms with Crippen LogP contribution in [0.1, 0.15) is 15.9 Å². The molecule has 8 nitrogen and oxygen atoms in total. The van der Waals surface area contributed by atoms with Gasteiger partial charge in [-0.1, -0.05) is 12.1 Å². The topological polar surface area (TPSA) is 133 Å². The summed E-state index contributed by atoms with van der Waals surface area (Å²) in [5.41, 5.74) is 1.00. The highest BCUT2D eigenvalue weighted by molar-refractivity contribution is 7.89. The van der Waals surface area contributed by atoms with Crippen molar-refractivity contribution in [1.29, 1.82) is 0 Å². The van der Waals surface area contributed by atoms with E-state index in [1.807, 2.05) is 0 Å². The second-order valence-corrected chi connectivity index (χ2v) is 8.68. The summed E-state index contributed by atoms with van der Waals surface area (Å²) in [6.07, 6.45) is 0.365. The number of carbonyl (C=O) groups excluding carboxylic acids is 1. The van der Waals surface area contributed by atoms with Gasteiger partial charge in [-0.15, -0.1) is 0 Å². The van der Waals surface area contributed by atoms with Gasteiger partial charge in [0.1, 0.15) is 0 Å². The van der Waals surface area contributed by atoms with Crippen LogP contribution < -0.4 is 9.86 Å². The summed E-state index contributed by atoms with van der Waals surface area (Å²) >= 11 is 0. The molecule has 0 aliphatic rings. The van der Waals surface area contributed by atoms with Crippen molar-refractivity contribution < 1.29 is 26.4 Å². The molecular formula is C16H18N2O6S2. The Kier molecular flexibility index (Phi) is 6.13. The summed E-state index contributed by atoms with van der Waals surface area (Å²) < 4.78 is 53.8. The molecule has 0 radical (unpaired) electrons. The smallest absolute Gasteiger partial charge is 0.337 e. The first-order valence-electron chi connectivity index (χ1n) is 7.43. The molecule has 0 heterocycles.